The van der Waals surface area contributed by atoms with Crippen molar-refractivity contribution >= 4 is 29.4 Å². The predicted molar refractivity (Wildman–Crippen MR) is 134 cm³/mol. The van der Waals surface area contributed by atoms with Crippen LogP contribution in [0.25, 0.3) is 11.1 Å². The maximum Gasteiger partial charge on any atom is 0.511 e. The predicted octanol–water partition coefficient (Wildman–Crippen LogP) is 6.50. The molecule has 39 heavy (non-hydrogen) atoms. The fourth-order valence-corrected chi connectivity index (χ4v) is 4.93. The molecule has 4 rings (SSSR count). The summed E-state index contributed by atoms with van der Waals surface area (Å²) < 4.78 is 67.4. The third-order valence-corrected chi connectivity index (χ3v) is 6.97. The van der Waals surface area contributed by atoms with E-state index in [-0.39, 0.29) is 35.2 Å². The average Bonchev–Trinajstić information content (AvgIpc) is 2.87. The molecule has 0 saturated carbocycles. The van der Waals surface area contributed by atoms with Gasteiger partial charge < -0.3 is 24.6 Å². The summed E-state index contributed by atoms with van der Waals surface area (Å²) in [6.07, 6.45) is -6.88. The number of likely N-dealkylation sites (N-methyl/N-ethyl adjacent to an activating group) is 1. The third kappa shape index (κ3) is 5.11. The van der Waals surface area contributed by atoms with Gasteiger partial charge in [0.2, 0.25) is 0 Å². The zero-order valence-electron chi connectivity index (χ0n) is 20.6. The molecule has 3 aromatic rings. The molecule has 0 spiro atoms. The van der Waals surface area contributed by atoms with Gasteiger partial charge in [-0.25, -0.2) is 9.18 Å². The summed E-state index contributed by atoms with van der Waals surface area (Å²) in [7, 11) is 0. The molecule has 0 aromatic heterocycles. The molecular formula is C27H22ClF4NO6. The molecule has 0 bridgehead atoms. The van der Waals surface area contributed by atoms with E-state index in [4.69, 9.17) is 21.4 Å². The minimum atomic E-state index is -5.15. The van der Waals surface area contributed by atoms with Crippen LogP contribution in [0.4, 0.5) is 28.0 Å². The average molecular weight is 568 g/mol. The Morgan fingerprint density at radius 3 is 2.41 bits per heavy atom. The smallest absolute Gasteiger partial charge is 0.482 e. The Labute approximate surface area is 225 Å². The number of benzene rings is 3. The number of carboxylic acid groups (broad SMARTS) is 1. The fourth-order valence-electron chi connectivity index (χ4n) is 4.58. The van der Waals surface area contributed by atoms with E-state index in [1.165, 1.54) is 42.2 Å². The number of carbonyl (C=O) groups excluding carboxylic acids is 1. The molecule has 1 amide bonds. The standard InChI is InChI=1S/C27H22ClF4NO6/c1-3-33-21-12-17(6-9-22(21)38-13-24(33)34)26(37,27(30,31)32)14(2)18-7-4-15(10-19(18)28)16-5-8-20(29)23(11-16)39-25(35)36/h4-12,14,37H,3,13H2,1-2H3,(H,35,36). The van der Waals surface area contributed by atoms with Crippen LogP contribution in [0.3, 0.4) is 0 Å². The van der Waals surface area contributed by atoms with Crippen molar-refractivity contribution in [3.63, 3.8) is 0 Å². The summed E-state index contributed by atoms with van der Waals surface area (Å²) in [6.45, 7) is 2.77. The Morgan fingerprint density at radius 1 is 1.13 bits per heavy atom. The van der Waals surface area contributed by atoms with Gasteiger partial charge in [0.25, 0.3) is 5.91 Å². The highest BCUT2D eigenvalue weighted by Crippen LogP contribution is 2.51. The van der Waals surface area contributed by atoms with Crippen molar-refractivity contribution in [1.82, 2.24) is 0 Å². The van der Waals surface area contributed by atoms with Gasteiger partial charge in [0.1, 0.15) is 5.75 Å². The molecule has 0 radical (unpaired) electrons. The number of anilines is 1. The number of alkyl halides is 3. The number of aliphatic hydroxyl groups is 1. The molecule has 0 fully saturated rings. The second kappa shape index (κ2) is 10.4. The number of amides is 1. The zero-order chi connectivity index (χ0) is 28.7. The van der Waals surface area contributed by atoms with Crippen LogP contribution in [0.1, 0.15) is 30.9 Å². The van der Waals surface area contributed by atoms with E-state index < -0.39 is 46.9 Å². The van der Waals surface area contributed by atoms with Crippen LogP contribution in [0.15, 0.2) is 54.6 Å². The first-order valence-corrected chi connectivity index (χ1v) is 12.0. The quantitative estimate of drug-likeness (QED) is 0.200. The van der Waals surface area contributed by atoms with Gasteiger partial charge in [0.05, 0.1) is 5.69 Å². The Balaban J connectivity index is 1.76. The number of hydrogen-bond donors (Lipinski definition) is 2. The van der Waals surface area contributed by atoms with Gasteiger partial charge in [0.15, 0.2) is 23.8 Å². The minimum absolute atomic E-state index is 0.0400. The zero-order valence-corrected chi connectivity index (χ0v) is 21.3. The Kier molecular flexibility index (Phi) is 7.50. The topological polar surface area (TPSA) is 96.3 Å². The van der Waals surface area contributed by atoms with Crippen molar-refractivity contribution in [2.75, 3.05) is 18.1 Å². The molecule has 2 N–H and O–H groups in total. The summed E-state index contributed by atoms with van der Waals surface area (Å²) in [5, 5.41) is 19.9. The number of halogens is 5. The van der Waals surface area contributed by atoms with Gasteiger partial charge in [-0.1, -0.05) is 42.8 Å². The maximum atomic E-state index is 14.6. The summed E-state index contributed by atoms with van der Waals surface area (Å²) >= 11 is 6.40. The first kappa shape index (κ1) is 28.2. The number of ether oxygens (including phenoxy) is 2. The van der Waals surface area contributed by atoms with Gasteiger partial charge in [-0.3, -0.25) is 4.79 Å². The molecule has 2 atom stereocenters. The highest BCUT2D eigenvalue weighted by atomic mass is 35.5. The van der Waals surface area contributed by atoms with Crippen molar-refractivity contribution in [1.29, 1.82) is 0 Å². The van der Waals surface area contributed by atoms with Crippen molar-refractivity contribution in [3.05, 3.63) is 76.6 Å². The van der Waals surface area contributed by atoms with E-state index >= 15 is 0 Å². The molecule has 2 unspecified atom stereocenters. The summed E-state index contributed by atoms with van der Waals surface area (Å²) in [4.78, 5) is 24.3. The van der Waals surface area contributed by atoms with E-state index in [1.54, 1.807) is 6.92 Å². The van der Waals surface area contributed by atoms with E-state index in [1.807, 2.05) is 0 Å². The fraction of sp³-hybridized carbons (Fsp3) is 0.259. The van der Waals surface area contributed by atoms with Crippen molar-refractivity contribution < 1.29 is 46.8 Å². The van der Waals surface area contributed by atoms with E-state index in [9.17, 15) is 32.3 Å². The minimum Gasteiger partial charge on any atom is -0.482 e. The van der Waals surface area contributed by atoms with E-state index in [0.29, 0.717) is 11.1 Å². The number of carbonyl (C=O) groups is 2. The highest BCUT2D eigenvalue weighted by Gasteiger charge is 2.59. The second-order valence-corrected chi connectivity index (χ2v) is 9.25. The van der Waals surface area contributed by atoms with Crippen molar-refractivity contribution in [3.8, 4) is 22.6 Å². The van der Waals surface area contributed by atoms with Gasteiger partial charge in [-0.2, -0.15) is 13.2 Å². The molecule has 12 heteroatoms. The Morgan fingerprint density at radius 2 is 1.79 bits per heavy atom. The van der Waals surface area contributed by atoms with Crippen LogP contribution >= 0.6 is 11.6 Å². The second-order valence-electron chi connectivity index (χ2n) is 8.84. The molecule has 0 aliphatic carbocycles. The molecule has 1 heterocycles. The van der Waals surface area contributed by atoms with Crippen LogP contribution in [-0.2, 0) is 10.4 Å². The first-order valence-electron chi connectivity index (χ1n) is 11.6. The number of hydrogen-bond acceptors (Lipinski definition) is 5. The summed E-state index contributed by atoms with van der Waals surface area (Å²) in [6, 6.07) is 10.9. The molecule has 206 valence electrons. The number of fused-ring (bicyclic) bond motifs is 1. The van der Waals surface area contributed by atoms with Crippen LogP contribution < -0.4 is 14.4 Å². The molecule has 1 aliphatic heterocycles. The highest BCUT2D eigenvalue weighted by molar-refractivity contribution is 6.31. The normalized spacial score (nSPS) is 15.7. The lowest BCUT2D eigenvalue weighted by atomic mass is 9.77. The van der Waals surface area contributed by atoms with Gasteiger partial charge in [-0.05, 0) is 59.5 Å². The lowest BCUT2D eigenvalue weighted by Gasteiger charge is -2.38. The summed E-state index contributed by atoms with van der Waals surface area (Å²) in [5.74, 6) is -3.32. The molecule has 0 saturated heterocycles. The lowest BCUT2D eigenvalue weighted by Crippen LogP contribution is -2.47. The van der Waals surface area contributed by atoms with Crippen LogP contribution in [-0.4, -0.2) is 41.6 Å². The van der Waals surface area contributed by atoms with Crippen molar-refractivity contribution in [2.24, 2.45) is 0 Å². The first-order chi connectivity index (χ1) is 18.3. The summed E-state index contributed by atoms with van der Waals surface area (Å²) in [5.41, 5.74) is -3.22. The number of nitrogens with zero attached hydrogens (tertiary/aromatic N) is 1. The van der Waals surface area contributed by atoms with Crippen LogP contribution in [0.2, 0.25) is 5.02 Å². The third-order valence-electron chi connectivity index (χ3n) is 6.65. The van der Waals surface area contributed by atoms with Gasteiger partial charge in [0, 0.05) is 17.5 Å². The molecule has 7 nitrogen and oxygen atoms in total. The van der Waals surface area contributed by atoms with Crippen LogP contribution in [0, 0.1) is 5.82 Å². The van der Waals surface area contributed by atoms with E-state index in [2.05, 4.69) is 4.74 Å². The Hall–Kier alpha value is -3.83. The van der Waals surface area contributed by atoms with Gasteiger partial charge >= 0.3 is 12.3 Å². The number of rotatable bonds is 6. The largest absolute Gasteiger partial charge is 0.511 e. The van der Waals surface area contributed by atoms with E-state index in [0.717, 1.165) is 24.3 Å². The Bertz CT molecular complexity index is 1450. The lowest BCUT2D eigenvalue weighted by molar-refractivity contribution is -0.274. The monoisotopic (exact) mass is 567 g/mol. The molecule has 1 aliphatic rings. The maximum absolute atomic E-state index is 14.6. The van der Waals surface area contributed by atoms with Gasteiger partial charge in [-0.15, -0.1) is 0 Å². The molecular weight excluding hydrogens is 546 g/mol. The van der Waals surface area contributed by atoms with Crippen LogP contribution in [0.5, 0.6) is 11.5 Å². The molecule has 3 aromatic carbocycles. The SMILES string of the molecule is CCN1C(=O)COc2ccc(C(O)(C(C)c3ccc(-c4ccc(F)c(OC(=O)O)c4)cc3Cl)C(F)(F)F)cc21. The van der Waals surface area contributed by atoms with Crippen molar-refractivity contribution in [2.45, 2.75) is 31.5 Å².